The van der Waals surface area contributed by atoms with Crippen LogP contribution >= 0.6 is 0 Å². The van der Waals surface area contributed by atoms with Gasteiger partial charge in [-0.2, -0.15) is 4.98 Å². The van der Waals surface area contributed by atoms with Crippen molar-refractivity contribution in [3.63, 3.8) is 0 Å². The summed E-state index contributed by atoms with van der Waals surface area (Å²) in [6.45, 7) is 11.4. The normalized spacial score (nSPS) is 14.8. The summed E-state index contributed by atoms with van der Waals surface area (Å²) >= 11 is 0. The Labute approximate surface area is 158 Å². The van der Waals surface area contributed by atoms with Crippen molar-refractivity contribution in [1.29, 1.82) is 0 Å². The molecule has 5 nitrogen and oxygen atoms in total. The van der Waals surface area contributed by atoms with Crippen molar-refractivity contribution in [2.24, 2.45) is 5.92 Å². The maximum atomic E-state index is 5.98. The van der Waals surface area contributed by atoms with Crippen LogP contribution in [0.1, 0.15) is 58.8 Å². The fourth-order valence-corrected chi connectivity index (χ4v) is 3.54. The van der Waals surface area contributed by atoms with E-state index in [-0.39, 0.29) is 0 Å². The molecule has 0 atom stereocenters. The number of nitrogens with two attached hydrogens (primary N) is 1. The van der Waals surface area contributed by atoms with E-state index >= 15 is 0 Å². The zero-order valence-electron chi connectivity index (χ0n) is 16.5. The third-order valence-electron chi connectivity index (χ3n) is 4.84. The van der Waals surface area contributed by atoms with Gasteiger partial charge in [-0.25, -0.2) is 0 Å². The lowest BCUT2D eigenvalue weighted by atomic mass is 9.88. The molecule has 0 amide bonds. The highest BCUT2D eigenvalue weighted by Crippen LogP contribution is 2.29. The number of hydrogen-bond donors (Lipinski definition) is 1. The predicted molar refractivity (Wildman–Crippen MR) is 109 cm³/mol. The topological polar surface area (TPSA) is 60.6 Å². The molecular formula is C21H35N3O2. The van der Waals surface area contributed by atoms with E-state index in [0.717, 1.165) is 37.4 Å². The quantitative estimate of drug-likeness (QED) is 0.454. The van der Waals surface area contributed by atoms with Gasteiger partial charge in [-0.3, -0.25) is 0 Å². The molecule has 1 heterocycles. The highest BCUT2D eigenvalue weighted by molar-refractivity contribution is 5.55. The Kier molecular flexibility index (Phi) is 8.59. The highest BCUT2D eigenvalue weighted by atomic mass is 16.5. The third kappa shape index (κ3) is 6.43. The van der Waals surface area contributed by atoms with Crippen LogP contribution in [-0.4, -0.2) is 31.3 Å². The Morgan fingerprint density at radius 1 is 1.15 bits per heavy atom. The van der Waals surface area contributed by atoms with Crippen LogP contribution in [0, 0.1) is 5.92 Å². The van der Waals surface area contributed by atoms with Crippen LogP contribution in [0.15, 0.2) is 24.5 Å². The number of allylic oxidation sites excluding steroid dienone is 1. The molecular weight excluding hydrogens is 326 g/mol. The van der Waals surface area contributed by atoms with Gasteiger partial charge >= 0.3 is 0 Å². The van der Waals surface area contributed by atoms with Gasteiger partial charge in [0.15, 0.2) is 0 Å². The minimum Gasteiger partial charge on any atom is -0.495 e. The number of anilines is 2. The van der Waals surface area contributed by atoms with Gasteiger partial charge in [-0.15, -0.1) is 0 Å². The van der Waals surface area contributed by atoms with Gasteiger partial charge < -0.3 is 20.1 Å². The second-order valence-corrected chi connectivity index (χ2v) is 7.07. The molecule has 1 aliphatic rings. The summed E-state index contributed by atoms with van der Waals surface area (Å²) in [4.78, 5) is 6.62. The molecule has 1 fully saturated rings. The number of pyridine rings is 1. The summed E-state index contributed by atoms with van der Waals surface area (Å²) in [5.74, 6) is 2.47. The van der Waals surface area contributed by atoms with Gasteiger partial charge in [0.1, 0.15) is 19.0 Å². The average Bonchev–Trinajstić information content (AvgIpc) is 2.65. The lowest BCUT2D eigenvalue weighted by Gasteiger charge is -2.24. The minimum atomic E-state index is 0.448. The van der Waals surface area contributed by atoms with Gasteiger partial charge in [-0.05, 0) is 25.7 Å². The largest absolute Gasteiger partial charge is 0.495 e. The van der Waals surface area contributed by atoms with E-state index in [1.165, 1.54) is 32.1 Å². The van der Waals surface area contributed by atoms with E-state index in [2.05, 4.69) is 30.3 Å². The van der Waals surface area contributed by atoms with Crippen molar-refractivity contribution in [2.45, 2.75) is 58.8 Å². The van der Waals surface area contributed by atoms with Gasteiger partial charge in [0.2, 0.25) is 5.88 Å². The molecule has 0 radical (unpaired) electrons. The zero-order chi connectivity index (χ0) is 18.8. The molecule has 0 aromatic carbocycles. The van der Waals surface area contributed by atoms with Crippen LogP contribution in [0.4, 0.5) is 11.5 Å². The summed E-state index contributed by atoms with van der Waals surface area (Å²) in [5, 5.41) is 0. The second kappa shape index (κ2) is 10.9. The Bertz CT molecular complexity index is 550. The fraction of sp³-hybridized carbons (Fsp3) is 0.667. The first-order chi connectivity index (χ1) is 12.6. The van der Waals surface area contributed by atoms with Gasteiger partial charge in [0.05, 0.1) is 5.76 Å². The van der Waals surface area contributed by atoms with E-state index < -0.39 is 0 Å². The van der Waals surface area contributed by atoms with E-state index in [4.69, 9.17) is 15.2 Å². The number of ether oxygens (including phenoxy) is 2. The molecule has 146 valence electrons. The van der Waals surface area contributed by atoms with Crippen molar-refractivity contribution in [2.75, 3.05) is 36.9 Å². The SMILES string of the molecule is C=C(OCCOc1cc(N(CCC)CCC)cc(N)n1)C1CCCCC1. The van der Waals surface area contributed by atoms with Crippen LogP contribution in [0.25, 0.3) is 0 Å². The van der Waals surface area contributed by atoms with Crippen molar-refractivity contribution >= 4 is 11.5 Å². The Morgan fingerprint density at radius 3 is 2.50 bits per heavy atom. The van der Waals surface area contributed by atoms with Crippen LogP contribution in [0.5, 0.6) is 5.88 Å². The number of nitrogens with zero attached hydrogens (tertiary/aromatic N) is 2. The second-order valence-electron chi connectivity index (χ2n) is 7.07. The molecule has 1 aliphatic carbocycles. The number of aromatic nitrogens is 1. The van der Waals surface area contributed by atoms with Gasteiger partial charge in [-0.1, -0.05) is 39.7 Å². The summed E-state index contributed by atoms with van der Waals surface area (Å²) < 4.78 is 11.6. The molecule has 26 heavy (non-hydrogen) atoms. The predicted octanol–water partition coefficient (Wildman–Crippen LogP) is 4.78. The van der Waals surface area contributed by atoms with Crippen molar-refractivity contribution in [1.82, 2.24) is 4.98 Å². The molecule has 1 aromatic heterocycles. The molecule has 1 aromatic rings. The maximum Gasteiger partial charge on any atom is 0.217 e. The molecule has 0 spiro atoms. The first-order valence-corrected chi connectivity index (χ1v) is 10.1. The minimum absolute atomic E-state index is 0.448. The molecule has 5 heteroatoms. The van der Waals surface area contributed by atoms with E-state index in [9.17, 15) is 0 Å². The number of rotatable bonds is 11. The molecule has 2 rings (SSSR count). The monoisotopic (exact) mass is 361 g/mol. The van der Waals surface area contributed by atoms with Crippen molar-refractivity contribution in [3.05, 3.63) is 24.5 Å². The molecule has 0 bridgehead atoms. The molecule has 1 saturated carbocycles. The van der Waals surface area contributed by atoms with Crippen LogP contribution in [0.2, 0.25) is 0 Å². The highest BCUT2D eigenvalue weighted by Gasteiger charge is 2.17. The first kappa shape index (κ1) is 20.4. The van der Waals surface area contributed by atoms with Crippen molar-refractivity contribution < 1.29 is 9.47 Å². The summed E-state index contributed by atoms with van der Waals surface area (Å²) in [6.07, 6.45) is 8.49. The zero-order valence-corrected chi connectivity index (χ0v) is 16.5. The summed E-state index contributed by atoms with van der Waals surface area (Å²) in [7, 11) is 0. The molecule has 0 aliphatic heterocycles. The summed E-state index contributed by atoms with van der Waals surface area (Å²) in [6, 6.07) is 3.89. The number of nitrogen functional groups attached to an aromatic ring is 1. The number of hydrogen-bond acceptors (Lipinski definition) is 5. The first-order valence-electron chi connectivity index (χ1n) is 10.1. The smallest absolute Gasteiger partial charge is 0.217 e. The van der Waals surface area contributed by atoms with E-state index in [0.29, 0.717) is 30.8 Å². The Hall–Kier alpha value is -1.91. The molecule has 0 unspecified atom stereocenters. The van der Waals surface area contributed by atoms with E-state index in [1.54, 1.807) is 0 Å². The average molecular weight is 362 g/mol. The van der Waals surface area contributed by atoms with Gasteiger partial charge in [0.25, 0.3) is 0 Å². The molecule has 0 saturated heterocycles. The fourth-order valence-electron chi connectivity index (χ4n) is 3.54. The standard InChI is InChI=1S/C21H35N3O2/c1-4-11-24(12-5-2)19-15-20(22)23-21(16-19)26-14-13-25-17(3)18-9-7-6-8-10-18/h15-16,18H,3-14H2,1-2H3,(H2,22,23). The van der Waals surface area contributed by atoms with Crippen LogP contribution in [-0.2, 0) is 4.74 Å². The maximum absolute atomic E-state index is 5.98. The lowest BCUT2D eigenvalue weighted by Crippen LogP contribution is -2.25. The van der Waals surface area contributed by atoms with E-state index in [1.807, 2.05) is 12.1 Å². The summed E-state index contributed by atoms with van der Waals surface area (Å²) in [5.41, 5.74) is 7.05. The third-order valence-corrected chi connectivity index (χ3v) is 4.84. The van der Waals surface area contributed by atoms with Crippen LogP contribution < -0.4 is 15.4 Å². The van der Waals surface area contributed by atoms with Crippen LogP contribution in [0.3, 0.4) is 0 Å². The molecule has 2 N–H and O–H groups in total. The Balaban J connectivity index is 1.83. The van der Waals surface area contributed by atoms with Crippen molar-refractivity contribution in [3.8, 4) is 5.88 Å². The van der Waals surface area contributed by atoms with Gasteiger partial charge in [0, 0.05) is 36.8 Å². The Morgan fingerprint density at radius 2 is 1.85 bits per heavy atom. The lowest BCUT2D eigenvalue weighted by molar-refractivity contribution is 0.124.